The Hall–Kier alpha value is -3.38. The van der Waals surface area contributed by atoms with E-state index >= 15 is 0 Å². The second-order valence-electron chi connectivity index (χ2n) is 6.51. The van der Waals surface area contributed by atoms with E-state index in [4.69, 9.17) is 16.3 Å². The molecule has 0 bridgehead atoms. The normalized spacial score (nSPS) is 10.8. The fourth-order valence-corrected chi connectivity index (χ4v) is 3.29. The van der Waals surface area contributed by atoms with Crippen molar-refractivity contribution in [2.24, 2.45) is 0 Å². The number of hydrogen-bond acceptors (Lipinski definition) is 4. The molecular weight excluding hydrogens is 388 g/mol. The Morgan fingerprint density at radius 2 is 1.93 bits per heavy atom. The van der Waals surface area contributed by atoms with Crippen LogP contribution in [-0.2, 0) is 17.9 Å². The fourth-order valence-electron chi connectivity index (χ4n) is 3.08. The van der Waals surface area contributed by atoms with E-state index in [2.05, 4.69) is 15.3 Å². The minimum absolute atomic E-state index is 0.100. The maximum atomic E-state index is 12.3. The molecule has 0 unspecified atom stereocenters. The molecule has 0 aliphatic heterocycles. The second kappa shape index (κ2) is 8.75. The number of nitrogens with zero attached hydrogens (tertiary/aromatic N) is 3. The SMILES string of the molecule is O=C(COc1ccc(Cl)c2cccnc12)NCc1ccccc1Cn1ccnc1. The third kappa shape index (κ3) is 4.55. The summed E-state index contributed by atoms with van der Waals surface area (Å²) in [5, 5.41) is 4.30. The largest absolute Gasteiger partial charge is 0.481 e. The van der Waals surface area contributed by atoms with Crippen LogP contribution in [0.2, 0.25) is 5.02 Å². The summed E-state index contributed by atoms with van der Waals surface area (Å²) in [5.74, 6) is 0.321. The molecule has 7 heteroatoms. The zero-order chi connectivity index (χ0) is 20.1. The number of imidazole rings is 1. The maximum Gasteiger partial charge on any atom is 0.258 e. The lowest BCUT2D eigenvalue weighted by Gasteiger charge is -2.12. The Morgan fingerprint density at radius 3 is 2.76 bits per heavy atom. The Balaban J connectivity index is 1.38. The lowest BCUT2D eigenvalue weighted by atomic mass is 10.1. The molecule has 4 aromatic rings. The topological polar surface area (TPSA) is 69.0 Å². The van der Waals surface area contributed by atoms with Crippen molar-refractivity contribution in [2.45, 2.75) is 13.1 Å². The highest BCUT2D eigenvalue weighted by atomic mass is 35.5. The molecule has 4 rings (SSSR count). The molecule has 0 spiro atoms. The van der Waals surface area contributed by atoms with Crippen LogP contribution >= 0.6 is 11.6 Å². The first kappa shape index (κ1) is 19.0. The first-order chi connectivity index (χ1) is 14.2. The molecule has 2 aromatic carbocycles. The zero-order valence-corrected chi connectivity index (χ0v) is 16.3. The van der Waals surface area contributed by atoms with Crippen molar-refractivity contribution in [3.8, 4) is 5.75 Å². The van der Waals surface area contributed by atoms with E-state index < -0.39 is 0 Å². The van der Waals surface area contributed by atoms with Crippen molar-refractivity contribution in [2.75, 3.05) is 6.61 Å². The van der Waals surface area contributed by atoms with Crippen LogP contribution in [0.4, 0.5) is 0 Å². The molecule has 29 heavy (non-hydrogen) atoms. The minimum Gasteiger partial charge on any atom is -0.481 e. The van der Waals surface area contributed by atoms with Gasteiger partial charge in [-0.3, -0.25) is 9.78 Å². The van der Waals surface area contributed by atoms with Gasteiger partial charge in [-0.1, -0.05) is 35.9 Å². The molecule has 2 aromatic heterocycles. The Bertz CT molecular complexity index is 1130. The summed E-state index contributed by atoms with van der Waals surface area (Å²) in [6, 6.07) is 15.1. The monoisotopic (exact) mass is 406 g/mol. The molecule has 2 heterocycles. The second-order valence-corrected chi connectivity index (χ2v) is 6.92. The number of aromatic nitrogens is 3. The number of pyridine rings is 1. The summed E-state index contributed by atoms with van der Waals surface area (Å²) < 4.78 is 7.68. The summed E-state index contributed by atoms with van der Waals surface area (Å²) in [5.41, 5.74) is 2.81. The number of halogens is 1. The third-order valence-corrected chi connectivity index (χ3v) is 4.87. The van der Waals surface area contributed by atoms with Crippen molar-refractivity contribution >= 4 is 28.4 Å². The predicted octanol–water partition coefficient (Wildman–Crippen LogP) is 3.83. The van der Waals surface area contributed by atoms with Gasteiger partial charge in [0.05, 0.1) is 11.3 Å². The van der Waals surface area contributed by atoms with Crippen LogP contribution in [-0.4, -0.2) is 27.0 Å². The molecule has 1 amide bonds. The van der Waals surface area contributed by atoms with E-state index in [-0.39, 0.29) is 12.5 Å². The molecule has 6 nitrogen and oxygen atoms in total. The number of hydrogen-bond donors (Lipinski definition) is 1. The number of ether oxygens (including phenoxy) is 1. The lowest BCUT2D eigenvalue weighted by molar-refractivity contribution is -0.123. The van der Waals surface area contributed by atoms with Gasteiger partial charge >= 0.3 is 0 Å². The molecule has 0 saturated carbocycles. The van der Waals surface area contributed by atoms with Gasteiger partial charge in [0.1, 0.15) is 11.3 Å². The molecule has 0 aliphatic rings. The van der Waals surface area contributed by atoms with Crippen LogP contribution in [0.5, 0.6) is 5.75 Å². The van der Waals surface area contributed by atoms with E-state index in [1.54, 1.807) is 30.9 Å². The van der Waals surface area contributed by atoms with E-state index in [1.165, 1.54) is 0 Å². The molecule has 0 fully saturated rings. The average Bonchev–Trinajstić information content (AvgIpc) is 3.26. The third-order valence-electron chi connectivity index (χ3n) is 4.54. The van der Waals surface area contributed by atoms with Gasteiger partial charge in [-0.2, -0.15) is 0 Å². The first-order valence-corrected chi connectivity index (χ1v) is 9.54. The van der Waals surface area contributed by atoms with Crippen molar-refractivity contribution in [3.63, 3.8) is 0 Å². The van der Waals surface area contributed by atoms with Crippen LogP contribution < -0.4 is 10.1 Å². The van der Waals surface area contributed by atoms with Gasteiger partial charge in [0.2, 0.25) is 0 Å². The van der Waals surface area contributed by atoms with Crippen molar-refractivity contribution in [1.82, 2.24) is 19.9 Å². The Labute approximate surface area is 173 Å². The number of benzene rings is 2. The van der Waals surface area contributed by atoms with Crippen molar-refractivity contribution in [1.29, 1.82) is 0 Å². The number of carbonyl (C=O) groups excluding carboxylic acids is 1. The van der Waals surface area contributed by atoms with Gasteiger partial charge in [-0.15, -0.1) is 0 Å². The number of carbonyl (C=O) groups is 1. The quantitative estimate of drug-likeness (QED) is 0.506. The van der Waals surface area contributed by atoms with E-state index in [1.807, 2.05) is 47.2 Å². The van der Waals surface area contributed by atoms with E-state index in [0.29, 0.717) is 29.4 Å². The molecule has 0 atom stereocenters. The highest BCUT2D eigenvalue weighted by Gasteiger charge is 2.10. The van der Waals surface area contributed by atoms with Crippen LogP contribution in [0.25, 0.3) is 10.9 Å². The Kier molecular flexibility index (Phi) is 5.72. The molecule has 0 saturated heterocycles. The number of rotatable bonds is 7. The van der Waals surface area contributed by atoms with E-state index in [0.717, 1.165) is 16.5 Å². The van der Waals surface area contributed by atoms with E-state index in [9.17, 15) is 4.79 Å². The van der Waals surface area contributed by atoms with Crippen LogP contribution in [0, 0.1) is 0 Å². The van der Waals surface area contributed by atoms with Crippen LogP contribution in [0.1, 0.15) is 11.1 Å². The lowest BCUT2D eigenvalue weighted by Crippen LogP contribution is -2.29. The van der Waals surface area contributed by atoms with Gasteiger partial charge in [0, 0.05) is 37.1 Å². The standard InChI is InChI=1S/C22H19ClN4O2/c23-19-7-8-20(22-18(19)6-3-9-25-22)29-14-21(28)26-12-16-4-1-2-5-17(16)13-27-11-10-24-15-27/h1-11,15H,12-14H2,(H,26,28). The highest BCUT2D eigenvalue weighted by Crippen LogP contribution is 2.29. The summed E-state index contributed by atoms with van der Waals surface area (Å²) in [6.07, 6.45) is 7.10. The maximum absolute atomic E-state index is 12.3. The van der Waals surface area contributed by atoms with Crippen molar-refractivity contribution < 1.29 is 9.53 Å². The molecule has 146 valence electrons. The summed E-state index contributed by atoms with van der Waals surface area (Å²) in [4.78, 5) is 20.7. The van der Waals surface area contributed by atoms with Gasteiger partial charge in [-0.05, 0) is 35.4 Å². The van der Waals surface area contributed by atoms with Crippen LogP contribution in [0.3, 0.4) is 0 Å². The van der Waals surface area contributed by atoms with Gasteiger partial charge in [0.25, 0.3) is 5.91 Å². The summed E-state index contributed by atoms with van der Waals surface area (Å²) in [7, 11) is 0. The molecule has 0 aliphatic carbocycles. The fraction of sp³-hybridized carbons (Fsp3) is 0.136. The van der Waals surface area contributed by atoms with Crippen molar-refractivity contribution in [3.05, 3.63) is 89.6 Å². The van der Waals surface area contributed by atoms with Gasteiger partial charge < -0.3 is 14.6 Å². The number of nitrogens with one attached hydrogen (secondary N) is 1. The number of fused-ring (bicyclic) bond motifs is 1. The summed E-state index contributed by atoms with van der Waals surface area (Å²) in [6.45, 7) is 1.02. The smallest absolute Gasteiger partial charge is 0.258 e. The predicted molar refractivity (Wildman–Crippen MR) is 112 cm³/mol. The molecule has 0 radical (unpaired) electrons. The van der Waals surface area contributed by atoms with Gasteiger partial charge in [0.15, 0.2) is 6.61 Å². The highest BCUT2D eigenvalue weighted by molar-refractivity contribution is 6.35. The first-order valence-electron chi connectivity index (χ1n) is 9.16. The summed E-state index contributed by atoms with van der Waals surface area (Å²) >= 11 is 6.19. The average molecular weight is 407 g/mol. The zero-order valence-electron chi connectivity index (χ0n) is 15.6. The number of amides is 1. The van der Waals surface area contributed by atoms with Gasteiger partial charge in [-0.25, -0.2) is 4.98 Å². The van der Waals surface area contributed by atoms with Crippen LogP contribution in [0.15, 0.2) is 73.4 Å². The Morgan fingerprint density at radius 1 is 1.07 bits per heavy atom. The molecular formula is C22H19ClN4O2. The minimum atomic E-state index is -0.207. The molecule has 1 N–H and O–H groups in total.